The van der Waals surface area contributed by atoms with Gasteiger partial charge in [-0.2, -0.15) is 10.2 Å². The minimum Gasteiger partial charge on any atom is -0.273 e. The first-order valence-electron chi connectivity index (χ1n) is 5.55. The van der Waals surface area contributed by atoms with E-state index in [2.05, 4.69) is 21.1 Å². The number of halogens is 1. The smallest absolute Gasteiger partial charge is 0.245 e. The van der Waals surface area contributed by atoms with Crippen molar-refractivity contribution < 1.29 is 9.59 Å². The number of hydrogen-bond acceptors (Lipinski definition) is 4. The van der Waals surface area contributed by atoms with Gasteiger partial charge in [-0.1, -0.05) is 23.7 Å². The van der Waals surface area contributed by atoms with E-state index in [0.717, 1.165) is 5.56 Å². The second-order valence-electron chi connectivity index (χ2n) is 3.91. The van der Waals surface area contributed by atoms with Gasteiger partial charge >= 0.3 is 0 Å². The van der Waals surface area contributed by atoms with Crippen LogP contribution in [-0.4, -0.2) is 23.7 Å². The van der Waals surface area contributed by atoms with Crippen LogP contribution in [-0.2, 0) is 9.59 Å². The number of carbonyl (C=O) groups excluding carboxylic acids is 2. The molecule has 1 aliphatic heterocycles. The SMILES string of the molecule is O=C1CC(CC(=O)N/N=C/c2cccc(Cl)c2)=NN1. The molecule has 2 N–H and O–H groups in total. The van der Waals surface area contributed by atoms with Crippen LogP contribution in [0, 0.1) is 0 Å². The number of nitrogens with one attached hydrogen (secondary N) is 2. The summed E-state index contributed by atoms with van der Waals surface area (Å²) in [6.45, 7) is 0. The largest absolute Gasteiger partial charge is 0.273 e. The summed E-state index contributed by atoms with van der Waals surface area (Å²) < 4.78 is 0. The van der Waals surface area contributed by atoms with Crippen LogP contribution in [0.1, 0.15) is 18.4 Å². The number of hydrogen-bond donors (Lipinski definition) is 2. The molecule has 0 fully saturated rings. The van der Waals surface area contributed by atoms with Crippen molar-refractivity contribution >= 4 is 35.3 Å². The van der Waals surface area contributed by atoms with Crippen molar-refractivity contribution in [2.45, 2.75) is 12.8 Å². The first kappa shape index (κ1) is 13.2. The van der Waals surface area contributed by atoms with Gasteiger partial charge in [0, 0.05) is 5.02 Å². The van der Waals surface area contributed by atoms with E-state index in [9.17, 15) is 9.59 Å². The predicted molar refractivity (Wildman–Crippen MR) is 72.0 cm³/mol. The van der Waals surface area contributed by atoms with Crippen LogP contribution in [0.5, 0.6) is 0 Å². The maximum atomic E-state index is 11.5. The summed E-state index contributed by atoms with van der Waals surface area (Å²) in [4.78, 5) is 22.4. The zero-order valence-electron chi connectivity index (χ0n) is 9.89. The molecule has 0 aromatic heterocycles. The first-order chi connectivity index (χ1) is 9.13. The summed E-state index contributed by atoms with van der Waals surface area (Å²) in [5.41, 5.74) is 5.92. The lowest BCUT2D eigenvalue weighted by Crippen LogP contribution is -2.20. The van der Waals surface area contributed by atoms with E-state index >= 15 is 0 Å². The van der Waals surface area contributed by atoms with Crippen molar-refractivity contribution in [3.05, 3.63) is 34.9 Å². The highest BCUT2D eigenvalue weighted by Crippen LogP contribution is 2.08. The second-order valence-corrected chi connectivity index (χ2v) is 4.35. The summed E-state index contributed by atoms with van der Waals surface area (Å²) in [5, 5.41) is 8.12. The Morgan fingerprint density at radius 1 is 1.58 bits per heavy atom. The van der Waals surface area contributed by atoms with Gasteiger partial charge in [0.25, 0.3) is 0 Å². The Hall–Kier alpha value is -2.21. The summed E-state index contributed by atoms with van der Waals surface area (Å²) in [6, 6.07) is 7.07. The van der Waals surface area contributed by atoms with Gasteiger partial charge < -0.3 is 0 Å². The van der Waals surface area contributed by atoms with Crippen molar-refractivity contribution in [1.29, 1.82) is 0 Å². The standard InChI is InChI=1S/C12H11ClN4O2/c13-9-3-1-2-8(4-9)7-14-16-11(18)5-10-6-12(19)17-15-10/h1-4,7H,5-6H2,(H,16,18)(H,17,19)/b14-7+. The quantitative estimate of drug-likeness (QED) is 0.637. The minimum atomic E-state index is -0.325. The van der Waals surface area contributed by atoms with Gasteiger partial charge in [-0.3, -0.25) is 9.59 Å². The molecule has 0 spiro atoms. The van der Waals surface area contributed by atoms with Crippen molar-refractivity contribution in [1.82, 2.24) is 10.9 Å². The highest BCUT2D eigenvalue weighted by Gasteiger charge is 2.16. The molecule has 0 radical (unpaired) electrons. The lowest BCUT2D eigenvalue weighted by Gasteiger charge is -1.98. The van der Waals surface area contributed by atoms with Crippen LogP contribution in [0.3, 0.4) is 0 Å². The van der Waals surface area contributed by atoms with Crippen LogP contribution < -0.4 is 10.9 Å². The topological polar surface area (TPSA) is 82.9 Å². The molecule has 0 saturated heterocycles. The lowest BCUT2D eigenvalue weighted by molar-refractivity contribution is -0.119. The number of rotatable bonds is 4. The summed E-state index contributed by atoms with van der Waals surface area (Å²) >= 11 is 5.81. The van der Waals surface area contributed by atoms with Crippen LogP contribution in [0.2, 0.25) is 5.02 Å². The van der Waals surface area contributed by atoms with E-state index < -0.39 is 0 Å². The highest BCUT2D eigenvalue weighted by molar-refractivity contribution is 6.30. The fourth-order valence-corrected chi connectivity index (χ4v) is 1.70. The maximum absolute atomic E-state index is 11.5. The predicted octanol–water partition coefficient (Wildman–Crippen LogP) is 1.06. The number of amides is 2. The summed E-state index contributed by atoms with van der Waals surface area (Å²) in [6.07, 6.45) is 1.70. The van der Waals surface area contributed by atoms with Crippen LogP contribution in [0.15, 0.2) is 34.5 Å². The van der Waals surface area contributed by atoms with Crippen molar-refractivity contribution in [2.24, 2.45) is 10.2 Å². The number of nitrogens with zero attached hydrogens (tertiary/aromatic N) is 2. The molecule has 98 valence electrons. The molecule has 0 aliphatic carbocycles. The molecule has 1 aromatic rings. The minimum absolute atomic E-state index is 0.0472. The fraction of sp³-hybridized carbons (Fsp3) is 0.167. The molecule has 0 saturated carbocycles. The van der Waals surface area contributed by atoms with Gasteiger partial charge in [0.1, 0.15) is 0 Å². The second kappa shape index (κ2) is 6.10. The van der Waals surface area contributed by atoms with E-state index in [4.69, 9.17) is 11.6 Å². The van der Waals surface area contributed by atoms with Crippen molar-refractivity contribution in [2.75, 3.05) is 0 Å². The third kappa shape index (κ3) is 4.18. The van der Waals surface area contributed by atoms with Gasteiger partial charge in [-0.05, 0) is 17.7 Å². The first-order valence-corrected chi connectivity index (χ1v) is 5.93. The van der Waals surface area contributed by atoms with E-state index in [-0.39, 0.29) is 24.7 Å². The third-order valence-electron chi connectivity index (χ3n) is 2.32. The van der Waals surface area contributed by atoms with Gasteiger partial charge in [-0.15, -0.1) is 0 Å². The number of carbonyl (C=O) groups is 2. The third-order valence-corrected chi connectivity index (χ3v) is 2.55. The molecular formula is C12H11ClN4O2. The highest BCUT2D eigenvalue weighted by atomic mass is 35.5. The van der Waals surface area contributed by atoms with E-state index in [1.807, 2.05) is 6.07 Å². The van der Waals surface area contributed by atoms with E-state index in [0.29, 0.717) is 10.7 Å². The summed E-state index contributed by atoms with van der Waals surface area (Å²) in [5.74, 6) is -0.529. The van der Waals surface area contributed by atoms with Gasteiger partial charge in [0.15, 0.2) is 0 Å². The van der Waals surface area contributed by atoms with Crippen molar-refractivity contribution in [3.8, 4) is 0 Å². The van der Waals surface area contributed by atoms with Crippen LogP contribution in [0.25, 0.3) is 0 Å². The van der Waals surface area contributed by atoms with Gasteiger partial charge in [-0.25, -0.2) is 10.9 Å². The van der Waals surface area contributed by atoms with E-state index in [1.165, 1.54) is 6.21 Å². The monoisotopic (exact) mass is 278 g/mol. The molecule has 7 heteroatoms. The molecule has 0 atom stereocenters. The van der Waals surface area contributed by atoms with Crippen molar-refractivity contribution in [3.63, 3.8) is 0 Å². The Morgan fingerprint density at radius 2 is 2.42 bits per heavy atom. The maximum Gasteiger partial charge on any atom is 0.245 e. The molecule has 2 rings (SSSR count). The Bertz CT molecular complexity index is 569. The molecule has 6 nitrogen and oxygen atoms in total. The zero-order valence-corrected chi connectivity index (χ0v) is 10.6. The Balaban J connectivity index is 1.82. The molecule has 0 unspecified atom stereocenters. The lowest BCUT2D eigenvalue weighted by atomic mass is 10.2. The molecule has 1 aliphatic rings. The molecule has 19 heavy (non-hydrogen) atoms. The van der Waals surface area contributed by atoms with E-state index in [1.54, 1.807) is 18.2 Å². The molecule has 2 amide bonds. The zero-order chi connectivity index (χ0) is 13.7. The fourth-order valence-electron chi connectivity index (χ4n) is 1.50. The van der Waals surface area contributed by atoms with Crippen LogP contribution >= 0.6 is 11.6 Å². The van der Waals surface area contributed by atoms with Gasteiger partial charge in [0.2, 0.25) is 11.8 Å². The normalized spacial score (nSPS) is 14.4. The molecular weight excluding hydrogens is 268 g/mol. The molecule has 1 aromatic carbocycles. The molecule has 1 heterocycles. The van der Waals surface area contributed by atoms with Crippen LogP contribution in [0.4, 0.5) is 0 Å². The Labute approximate surface area is 114 Å². The number of hydrazone groups is 2. The average molecular weight is 279 g/mol. The Kier molecular flexibility index (Phi) is 4.25. The number of benzene rings is 1. The molecule has 0 bridgehead atoms. The Morgan fingerprint density at radius 3 is 3.11 bits per heavy atom. The average Bonchev–Trinajstić information content (AvgIpc) is 2.75. The van der Waals surface area contributed by atoms with Gasteiger partial charge in [0.05, 0.1) is 24.8 Å². The summed E-state index contributed by atoms with van der Waals surface area (Å²) in [7, 11) is 0.